The van der Waals surface area contributed by atoms with E-state index >= 15 is 0 Å². The van der Waals surface area contributed by atoms with Crippen LogP contribution in [0.3, 0.4) is 0 Å². The monoisotopic (exact) mass is 272 g/mol. The predicted octanol–water partition coefficient (Wildman–Crippen LogP) is 2.89. The summed E-state index contributed by atoms with van der Waals surface area (Å²) in [7, 11) is 0. The van der Waals surface area contributed by atoms with Crippen molar-refractivity contribution < 1.29 is 17.9 Å². The van der Waals surface area contributed by atoms with E-state index in [0.29, 0.717) is 13.2 Å². The lowest BCUT2D eigenvalue weighted by atomic mass is 10.2. The van der Waals surface area contributed by atoms with Gasteiger partial charge in [0.15, 0.2) is 0 Å². The van der Waals surface area contributed by atoms with Gasteiger partial charge in [-0.1, -0.05) is 6.08 Å². The summed E-state index contributed by atoms with van der Waals surface area (Å²) in [6.07, 6.45) is 0.591. The molecule has 0 unspecified atom stereocenters. The third-order valence-electron chi connectivity index (χ3n) is 2.80. The zero-order valence-corrected chi connectivity index (χ0v) is 10.3. The summed E-state index contributed by atoms with van der Waals surface area (Å²) < 4.78 is 43.1. The van der Waals surface area contributed by atoms with E-state index in [1.54, 1.807) is 0 Å². The van der Waals surface area contributed by atoms with Crippen molar-refractivity contribution in [3.63, 3.8) is 0 Å². The highest BCUT2D eigenvalue weighted by Crippen LogP contribution is 2.33. The molecular formula is C13H15F3N2O. The molecule has 1 aliphatic rings. The molecule has 2 N–H and O–H groups in total. The first-order chi connectivity index (χ1) is 8.95. The summed E-state index contributed by atoms with van der Waals surface area (Å²) in [6.45, 7) is 1.89. The van der Waals surface area contributed by atoms with E-state index in [4.69, 9.17) is 10.5 Å². The van der Waals surface area contributed by atoms with Crippen LogP contribution in [0.2, 0.25) is 0 Å². The first-order valence-electron chi connectivity index (χ1n) is 5.96. The summed E-state index contributed by atoms with van der Waals surface area (Å²) >= 11 is 0. The quantitative estimate of drug-likeness (QED) is 0.856. The average molecular weight is 272 g/mol. The fourth-order valence-electron chi connectivity index (χ4n) is 1.87. The van der Waals surface area contributed by atoms with Crippen molar-refractivity contribution in [2.24, 2.45) is 0 Å². The van der Waals surface area contributed by atoms with Crippen molar-refractivity contribution in [3.05, 3.63) is 36.0 Å². The highest BCUT2D eigenvalue weighted by atomic mass is 19.4. The number of benzene rings is 1. The first-order valence-corrected chi connectivity index (χ1v) is 5.96. The molecule has 0 saturated carbocycles. The van der Waals surface area contributed by atoms with Crippen molar-refractivity contribution >= 4 is 5.69 Å². The average Bonchev–Trinajstić information content (AvgIpc) is 2.80. The zero-order valence-electron chi connectivity index (χ0n) is 10.3. The molecule has 0 aliphatic carbocycles. The van der Waals surface area contributed by atoms with Gasteiger partial charge in [-0.25, -0.2) is 0 Å². The molecule has 0 amide bonds. The van der Waals surface area contributed by atoms with Crippen LogP contribution < -0.4 is 10.5 Å². The Hall–Kier alpha value is -1.85. The summed E-state index contributed by atoms with van der Waals surface area (Å²) in [5.41, 5.74) is 4.71. The maximum atomic E-state index is 12.6. The van der Waals surface area contributed by atoms with E-state index in [1.807, 2.05) is 12.3 Å². The summed E-state index contributed by atoms with van der Waals surface area (Å²) in [5.74, 6) is 0.149. The zero-order chi connectivity index (χ0) is 13.9. The molecule has 0 atom stereocenters. The molecule has 0 bridgehead atoms. The van der Waals surface area contributed by atoms with Gasteiger partial charge in [0.25, 0.3) is 0 Å². The Morgan fingerprint density at radius 3 is 2.68 bits per heavy atom. The fourth-order valence-corrected chi connectivity index (χ4v) is 1.87. The number of halogens is 3. The largest absolute Gasteiger partial charge is 0.492 e. The normalized spacial score (nSPS) is 15.0. The lowest BCUT2D eigenvalue weighted by Gasteiger charge is -2.16. The number of nitrogens with two attached hydrogens (primary N) is 1. The van der Waals surface area contributed by atoms with Crippen LogP contribution in [-0.4, -0.2) is 24.6 Å². The van der Waals surface area contributed by atoms with Crippen LogP contribution in [0.4, 0.5) is 18.9 Å². The van der Waals surface area contributed by atoms with E-state index in [-0.39, 0.29) is 11.4 Å². The van der Waals surface area contributed by atoms with E-state index in [0.717, 1.165) is 25.1 Å². The Morgan fingerprint density at radius 2 is 2.05 bits per heavy atom. The smallest absolute Gasteiger partial charge is 0.416 e. The van der Waals surface area contributed by atoms with Crippen LogP contribution in [0, 0.1) is 0 Å². The molecule has 1 aromatic rings. The van der Waals surface area contributed by atoms with E-state index in [1.165, 1.54) is 6.07 Å². The number of alkyl halides is 3. The lowest BCUT2D eigenvalue weighted by Crippen LogP contribution is -2.21. The molecule has 6 heteroatoms. The fraction of sp³-hybridized carbons (Fsp3) is 0.385. The van der Waals surface area contributed by atoms with Crippen molar-refractivity contribution in [1.29, 1.82) is 0 Å². The number of nitrogen functional groups attached to an aromatic ring is 1. The van der Waals surface area contributed by atoms with E-state index in [9.17, 15) is 13.2 Å². The molecule has 104 valence electrons. The van der Waals surface area contributed by atoms with Crippen molar-refractivity contribution in [1.82, 2.24) is 4.90 Å². The maximum Gasteiger partial charge on any atom is 0.416 e. The highest BCUT2D eigenvalue weighted by Gasteiger charge is 2.31. The Kier molecular flexibility index (Phi) is 3.87. The molecule has 0 spiro atoms. The third-order valence-corrected chi connectivity index (χ3v) is 2.80. The van der Waals surface area contributed by atoms with E-state index < -0.39 is 11.7 Å². The van der Waals surface area contributed by atoms with Crippen molar-refractivity contribution in [2.75, 3.05) is 25.4 Å². The second-order valence-corrected chi connectivity index (χ2v) is 4.35. The van der Waals surface area contributed by atoms with E-state index in [2.05, 4.69) is 4.90 Å². The molecule has 1 heterocycles. The second kappa shape index (κ2) is 5.42. The SMILES string of the molecule is Nc1cc(OCCN2C=CCC2)cc(C(F)(F)F)c1. The Bertz CT molecular complexity index is 471. The molecule has 1 aliphatic heterocycles. The maximum absolute atomic E-state index is 12.6. The van der Waals surface area contributed by atoms with Gasteiger partial charge in [-0.2, -0.15) is 13.2 Å². The molecule has 0 aromatic heterocycles. The first kappa shape index (κ1) is 13.6. The number of hydrogen-bond donors (Lipinski definition) is 1. The molecule has 19 heavy (non-hydrogen) atoms. The summed E-state index contributed by atoms with van der Waals surface area (Å²) in [4.78, 5) is 2.05. The Morgan fingerprint density at radius 1 is 1.26 bits per heavy atom. The minimum atomic E-state index is -4.41. The number of ether oxygens (including phenoxy) is 1. The molecular weight excluding hydrogens is 257 g/mol. The Balaban J connectivity index is 1.96. The van der Waals surface area contributed by atoms with Crippen LogP contribution in [0.1, 0.15) is 12.0 Å². The molecule has 0 saturated heterocycles. The van der Waals surface area contributed by atoms with Crippen LogP contribution >= 0.6 is 0 Å². The minimum absolute atomic E-state index is 0.0471. The second-order valence-electron chi connectivity index (χ2n) is 4.35. The molecule has 0 radical (unpaired) electrons. The summed E-state index contributed by atoms with van der Waals surface area (Å²) in [5, 5.41) is 0. The van der Waals surface area contributed by atoms with Crippen molar-refractivity contribution in [2.45, 2.75) is 12.6 Å². The van der Waals surface area contributed by atoms with Gasteiger partial charge in [0.2, 0.25) is 0 Å². The van der Waals surface area contributed by atoms with Crippen LogP contribution in [0.5, 0.6) is 5.75 Å². The van der Waals surface area contributed by atoms with Gasteiger partial charge in [-0.15, -0.1) is 0 Å². The number of hydrogen-bond acceptors (Lipinski definition) is 3. The third kappa shape index (κ3) is 3.81. The van der Waals surface area contributed by atoms with Gasteiger partial charge in [-0.3, -0.25) is 0 Å². The summed E-state index contributed by atoms with van der Waals surface area (Å²) in [6, 6.07) is 3.27. The number of rotatable bonds is 4. The standard InChI is InChI=1S/C13H15F3N2O/c14-13(15,16)10-7-11(17)9-12(8-10)19-6-5-18-3-1-2-4-18/h1,3,7-9H,2,4-6,17H2. The molecule has 1 aromatic carbocycles. The lowest BCUT2D eigenvalue weighted by molar-refractivity contribution is -0.137. The number of anilines is 1. The molecule has 0 fully saturated rings. The van der Waals surface area contributed by atoms with Gasteiger partial charge in [0.05, 0.1) is 12.1 Å². The minimum Gasteiger partial charge on any atom is -0.492 e. The van der Waals surface area contributed by atoms with Crippen LogP contribution in [0.15, 0.2) is 30.5 Å². The van der Waals surface area contributed by atoms with Gasteiger partial charge in [-0.05, 0) is 24.8 Å². The van der Waals surface area contributed by atoms with Crippen molar-refractivity contribution in [3.8, 4) is 5.75 Å². The van der Waals surface area contributed by atoms with Gasteiger partial charge in [0, 0.05) is 18.3 Å². The Labute approximate surface area is 109 Å². The van der Waals surface area contributed by atoms with Crippen LogP contribution in [0.25, 0.3) is 0 Å². The van der Waals surface area contributed by atoms with Gasteiger partial charge >= 0.3 is 6.18 Å². The van der Waals surface area contributed by atoms with Gasteiger partial charge < -0.3 is 15.4 Å². The highest BCUT2D eigenvalue weighted by molar-refractivity contribution is 5.48. The molecule has 2 rings (SSSR count). The molecule has 3 nitrogen and oxygen atoms in total. The number of nitrogens with zero attached hydrogens (tertiary/aromatic N) is 1. The topological polar surface area (TPSA) is 38.5 Å². The predicted molar refractivity (Wildman–Crippen MR) is 66.7 cm³/mol. The van der Waals surface area contributed by atoms with Crippen LogP contribution in [-0.2, 0) is 6.18 Å². The van der Waals surface area contributed by atoms with Gasteiger partial charge in [0.1, 0.15) is 12.4 Å².